The van der Waals surface area contributed by atoms with E-state index >= 15 is 0 Å². The first kappa shape index (κ1) is 22.0. The average molecular weight is 391 g/mol. The number of benzene rings is 1. The lowest BCUT2D eigenvalue weighted by atomic mass is 9.88. The predicted octanol–water partition coefficient (Wildman–Crippen LogP) is 2.67. The Bertz CT molecular complexity index is 689. The quantitative estimate of drug-likeness (QED) is 0.755. The number of hydrogen-bond donors (Lipinski definition) is 2. The number of piperidine rings is 1. The van der Waals surface area contributed by atoms with Gasteiger partial charge in [0, 0.05) is 37.4 Å². The number of carbonyl (C=O) groups excluding carboxylic acids is 2. The molecule has 1 saturated heterocycles. The second-order valence-electron chi connectivity index (χ2n) is 8.69. The second kappa shape index (κ2) is 9.28. The first-order valence-electron chi connectivity index (χ1n) is 9.86. The van der Waals surface area contributed by atoms with Crippen LogP contribution >= 0.6 is 0 Å². The van der Waals surface area contributed by atoms with E-state index in [1.807, 2.05) is 51.9 Å². The van der Waals surface area contributed by atoms with Crippen molar-refractivity contribution in [1.82, 2.24) is 15.1 Å². The minimum absolute atomic E-state index is 0.110. The van der Waals surface area contributed by atoms with Gasteiger partial charge in [0.1, 0.15) is 5.60 Å². The summed E-state index contributed by atoms with van der Waals surface area (Å²) in [7, 11) is 3.93. The van der Waals surface area contributed by atoms with E-state index in [1.165, 1.54) is 0 Å². The monoisotopic (exact) mass is 390 g/mol. The first-order chi connectivity index (χ1) is 13.0. The molecule has 1 fully saturated rings. The van der Waals surface area contributed by atoms with Gasteiger partial charge in [-0.2, -0.15) is 0 Å². The van der Waals surface area contributed by atoms with Gasteiger partial charge in [-0.25, -0.2) is 4.79 Å². The number of nitrogens with two attached hydrogens (primary N) is 1. The molecule has 2 amide bonds. The molecule has 7 nitrogen and oxygen atoms in total. The third-order valence-corrected chi connectivity index (χ3v) is 4.70. The van der Waals surface area contributed by atoms with Crippen LogP contribution in [0.2, 0.25) is 0 Å². The number of rotatable bonds is 5. The van der Waals surface area contributed by atoms with Gasteiger partial charge in [-0.15, -0.1) is 0 Å². The van der Waals surface area contributed by atoms with Gasteiger partial charge in [0.15, 0.2) is 0 Å². The number of carbonyl (C=O) groups is 2. The number of hydrogen-bond acceptors (Lipinski definition) is 5. The molecule has 0 aromatic heterocycles. The van der Waals surface area contributed by atoms with E-state index in [1.54, 1.807) is 11.0 Å². The van der Waals surface area contributed by atoms with Gasteiger partial charge >= 0.3 is 6.09 Å². The molecule has 0 radical (unpaired) electrons. The van der Waals surface area contributed by atoms with Crippen molar-refractivity contribution in [1.29, 1.82) is 0 Å². The molecule has 1 aliphatic rings. The number of likely N-dealkylation sites (N-methyl/N-ethyl adjacent to an activating group) is 1. The summed E-state index contributed by atoms with van der Waals surface area (Å²) < 4.78 is 5.45. The Kier molecular flexibility index (Phi) is 7.29. The third-order valence-electron chi connectivity index (χ3n) is 4.70. The van der Waals surface area contributed by atoms with Crippen LogP contribution in [0.3, 0.4) is 0 Å². The molecule has 0 saturated carbocycles. The lowest BCUT2D eigenvalue weighted by molar-refractivity contribution is 0.0205. The highest BCUT2D eigenvalue weighted by Crippen LogP contribution is 2.30. The minimum Gasteiger partial charge on any atom is -0.444 e. The van der Waals surface area contributed by atoms with Crippen LogP contribution in [0.1, 0.15) is 55.5 Å². The molecule has 1 aromatic carbocycles. The van der Waals surface area contributed by atoms with Crippen LogP contribution in [0.25, 0.3) is 0 Å². The van der Waals surface area contributed by atoms with Crippen LogP contribution in [-0.4, -0.2) is 67.7 Å². The minimum atomic E-state index is -0.489. The number of nitrogens with one attached hydrogen (secondary N) is 1. The maximum atomic E-state index is 12.4. The van der Waals surface area contributed by atoms with E-state index in [-0.39, 0.29) is 17.9 Å². The zero-order chi connectivity index (χ0) is 20.9. The lowest BCUT2D eigenvalue weighted by Gasteiger charge is -2.33. The molecule has 28 heavy (non-hydrogen) atoms. The summed E-state index contributed by atoms with van der Waals surface area (Å²) in [5.74, 6) is 0.164. The van der Waals surface area contributed by atoms with Crippen LogP contribution in [0.5, 0.6) is 0 Å². The summed E-state index contributed by atoms with van der Waals surface area (Å²) in [5, 5.41) is 2.93. The number of anilines is 1. The van der Waals surface area contributed by atoms with Crippen molar-refractivity contribution in [2.75, 3.05) is 46.0 Å². The van der Waals surface area contributed by atoms with E-state index in [0.717, 1.165) is 24.9 Å². The molecule has 7 heteroatoms. The highest BCUT2D eigenvalue weighted by Gasteiger charge is 2.28. The molecule has 1 aliphatic heterocycles. The Labute approximate surface area is 168 Å². The molecule has 0 unspecified atom stereocenters. The van der Waals surface area contributed by atoms with E-state index < -0.39 is 5.60 Å². The second-order valence-corrected chi connectivity index (χ2v) is 8.69. The van der Waals surface area contributed by atoms with Crippen molar-refractivity contribution in [3.63, 3.8) is 0 Å². The Morgan fingerprint density at radius 2 is 1.86 bits per heavy atom. The fourth-order valence-electron chi connectivity index (χ4n) is 3.26. The normalized spacial score (nSPS) is 15.6. The Morgan fingerprint density at radius 3 is 2.43 bits per heavy atom. The largest absolute Gasteiger partial charge is 0.444 e. The Balaban J connectivity index is 1.98. The molecule has 0 bridgehead atoms. The van der Waals surface area contributed by atoms with E-state index in [0.29, 0.717) is 30.9 Å². The Hall–Kier alpha value is -2.28. The summed E-state index contributed by atoms with van der Waals surface area (Å²) in [6.45, 7) is 8.26. The maximum absolute atomic E-state index is 12.4. The van der Waals surface area contributed by atoms with Crippen molar-refractivity contribution < 1.29 is 14.3 Å². The van der Waals surface area contributed by atoms with Crippen molar-refractivity contribution in [2.24, 2.45) is 0 Å². The number of amides is 2. The summed E-state index contributed by atoms with van der Waals surface area (Å²) in [4.78, 5) is 28.4. The zero-order valence-corrected chi connectivity index (χ0v) is 17.7. The van der Waals surface area contributed by atoms with Crippen LogP contribution in [0, 0.1) is 0 Å². The van der Waals surface area contributed by atoms with E-state index in [4.69, 9.17) is 10.5 Å². The number of ether oxygens (including phenoxy) is 1. The van der Waals surface area contributed by atoms with Crippen molar-refractivity contribution in [2.45, 2.75) is 45.1 Å². The van der Waals surface area contributed by atoms with E-state index in [2.05, 4.69) is 5.32 Å². The fraction of sp³-hybridized carbons (Fsp3) is 0.619. The van der Waals surface area contributed by atoms with Gasteiger partial charge in [0.2, 0.25) is 0 Å². The molecular formula is C21H34N4O3. The maximum Gasteiger partial charge on any atom is 0.410 e. The average Bonchev–Trinajstić information content (AvgIpc) is 2.59. The smallest absolute Gasteiger partial charge is 0.410 e. The van der Waals surface area contributed by atoms with Crippen molar-refractivity contribution >= 4 is 17.7 Å². The molecule has 0 aliphatic carbocycles. The van der Waals surface area contributed by atoms with Crippen LogP contribution in [-0.2, 0) is 4.74 Å². The third kappa shape index (κ3) is 6.71. The number of nitrogen functional groups attached to an aromatic ring is 1. The van der Waals surface area contributed by atoms with Gasteiger partial charge < -0.3 is 25.6 Å². The molecule has 156 valence electrons. The summed E-state index contributed by atoms with van der Waals surface area (Å²) in [5.41, 5.74) is 7.79. The summed E-state index contributed by atoms with van der Waals surface area (Å²) in [6, 6.07) is 5.57. The van der Waals surface area contributed by atoms with Crippen LogP contribution in [0.4, 0.5) is 10.5 Å². The van der Waals surface area contributed by atoms with Crippen molar-refractivity contribution in [3.05, 3.63) is 29.3 Å². The van der Waals surface area contributed by atoms with Gasteiger partial charge in [-0.1, -0.05) is 0 Å². The molecule has 1 aromatic rings. The highest BCUT2D eigenvalue weighted by atomic mass is 16.6. The fourth-order valence-corrected chi connectivity index (χ4v) is 3.26. The van der Waals surface area contributed by atoms with Gasteiger partial charge in [0.05, 0.1) is 0 Å². The number of nitrogens with zero attached hydrogens (tertiary/aromatic N) is 2. The highest BCUT2D eigenvalue weighted by molar-refractivity contribution is 5.95. The predicted molar refractivity (Wildman–Crippen MR) is 112 cm³/mol. The van der Waals surface area contributed by atoms with Crippen LogP contribution in [0.15, 0.2) is 18.2 Å². The lowest BCUT2D eigenvalue weighted by Crippen LogP contribution is -2.41. The Morgan fingerprint density at radius 1 is 1.21 bits per heavy atom. The molecule has 3 N–H and O–H groups in total. The molecule has 0 atom stereocenters. The molecule has 2 rings (SSSR count). The summed E-state index contributed by atoms with van der Waals surface area (Å²) >= 11 is 0. The zero-order valence-electron chi connectivity index (χ0n) is 17.7. The molecule has 0 spiro atoms. The van der Waals surface area contributed by atoms with Gasteiger partial charge in [0.25, 0.3) is 5.91 Å². The molecule has 1 heterocycles. The van der Waals surface area contributed by atoms with Crippen LogP contribution < -0.4 is 11.1 Å². The van der Waals surface area contributed by atoms with Gasteiger partial charge in [-0.3, -0.25) is 4.79 Å². The molecular weight excluding hydrogens is 356 g/mol. The van der Waals surface area contributed by atoms with E-state index in [9.17, 15) is 9.59 Å². The van der Waals surface area contributed by atoms with Gasteiger partial charge in [-0.05, 0) is 77.4 Å². The standard InChI is InChI=1S/C21H34N4O3/c1-21(2,3)28-20(27)25-9-6-15(7-10-25)16-12-17(14-18(22)13-16)19(26)23-8-11-24(4)5/h12-15H,6-11,22H2,1-5H3,(H,23,26). The SMILES string of the molecule is CN(C)CCNC(=O)c1cc(N)cc(C2CCN(C(=O)OC(C)(C)C)CC2)c1. The number of likely N-dealkylation sites (tertiary alicyclic amines) is 1. The summed E-state index contributed by atoms with van der Waals surface area (Å²) in [6.07, 6.45) is 1.38. The van der Waals surface area contributed by atoms with Crippen molar-refractivity contribution in [3.8, 4) is 0 Å². The first-order valence-corrected chi connectivity index (χ1v) is 9.86. The topological polar surface area (TPSA) is 87.9 Å².